The van der Waals surface area contributed by atoms with Gasteiger partial charge in [-0.15, -0.1) is 0 Å². The molecule has 0 aliphatic heterocycles. The molecule has 1 unspecified atom stereocenters. The molecule has 0 aromatic heterocycles. The molecule has 0 radical (unpaired) electrons. The number of aryl methyl sites for hydroxylation is 2. The number of benzene rings is 2. The fourth-order valence-corrected chi connectivity index (χ4v) is 3.09. The van der Waals surface area contributed by atoms with E-state index in [0.717, 1.165) is 18.6 Å². The number of ether oxygens (including phenoxy) is 1. The summed E-state index contributed by atoms with van der Waals surface area (Å²) in [7, 11) is 1.75. The predicted octanol–water partition coefficient (Wildman–Crippen LogP) is 5.38. The predicted molar refractivity (Wildman–Crippen MR) is 88.9 cm³/mol. The van der Waals surface area contributed by atoms with E-state index in [9.17, 15) is 0 Å². The summed E-state index contributed by atoms with van der Waals surface area (Å²) in [4.78, 5) is 0.383. The van der Waals surface area contributed by atoms with Crippen molar-refractivity contribution in [3.63, 3.8) is 0 Å². The highest BCUT2D eigenvalue weighted by atomic mass is 79.9. The van der Waals surface area contributed by atoms with Crippen LogP contribution in [0.15, 0.2) is 42.5 Å². The highest BCUT2D eigenvalue weighted by molar-refractivity contribution is 9.09. The minimum Gasteiger partial charge on any atom is -0.496 e. The summed E-state index contributed by atoms with van der Waals surface area (Å²) in [6, 6.07) is 14.9. The first-order valence-corrected chi connectivity index (χ1v) is 7.86. The Morgan fingerprint density at radius 3 is 2.45 bits per heavy atom. The van der Waals surface area contributed by atoms with Gasteiger partial charge in [0.2, 0.25) is 0 Å². The van der Waals surface area contributed by atoms with Crippen molar-refractivity contribution < 1.29 is 4.74 Å². The average molecular weight is 333 g/mol. The van der Waals surface area contributed by atoms with Crippen molar-refractivity contribution in [2.75, 3.05) is 7.11 Å². The van der Waals surface area contributed by atoms with E-state index in [0.29, 0.717) is 4.83 Å². The second-order valence-electron chi connectivity index (χ2n) is 5.18. The van der Waals surface area contributed by atoms with Gasteiger partial charge in [-0.05, 0) is 55.0 Å². The van der Waals surface area contributed by atoms with Gasteiger partial charge in [0.25, 0.3) is 0 Å². The lowest BCUT2D eigenvalue weighted by Gasteiger charge is -2.15. The highest BCUT2D eigenvalue weighted by Gasteiger charge is 2.12. The minimum atomic E-state index is 0.383. The maximum Gasteiger partial charge on any atom is 0.122 e. The number of halogens is 1. The number of alkyl halides is 1. The third-order valence-corrected chi connectivity index (χ3v) is 4.59. The van der Waals surface area contributed by atoms with Gasteiger partial charge in [0.15, 0.2) is 0 Å². The van der Waals surface area contributed by atoms with Crippen molar-refractivity contribution in [3.05, 3.63) is 64.7 Å². The normalized spacial score (nSPS) is 12.2. The van der Waals surface area contributed by atoms with Crippen molar-refractivity contribution in [3.8, 4) is 5.75 Å². The van der Waals surface area contributed by atoms with Gasteiger partial charge in [0, 0.05) is 4.83 Å². The van der Waals surface area contributed by atoms with Crippen LogP contribution in [0.25, 0.3) is 0 Å². The Morgan fingerprint density at radius 2 is 1.80 bits per heavy atom. The van der Waals surface area contributed by atoms with E-state index in [4.69, 9.17) is 4.74 Å². The molecule has 1 nitrogen and oxygen atoms in total. The summed E-state index contributed by atoms with van der Waals surface area (Å²) in [6.07, 6.45) is 2.07. The molecule has 0 fully saturated rings. The zero-order chi connectivity index (χ0) is 14.5. The largest absolute Gasteiger partial charge is 0.496 e. The molecule has 106 valence electrons. The maximum absolute atomic E-state index is 5.53. The Balaban J connectivity index is 2.11. The van der Waals surface area contributed by atoms with Crippen LogP contribution < -0.4 is 4.74 Å². The molecule has 0 bridgehead atoms. The lowest BCUT2D eigenvalue weighted by Crippen LogP contribution is -1.99. The summed E-state index contributed by atoms with van der Waals surface area (Å²) in [5.74, 6) is 1.01. The standard InChI is InChI=1S/C18H21BrO/c1-13-11-14(2)16(18(12-13)20-3)9-10-17(19)15-7-5-4-6-8-15/h4-8,11-12,17H,9-10H2,1-3H3. The Hall–Kier alpha value is -1.28. The van der Waals surface area contributed by atoms with Crippen LogP contribution in [-0.2, 0) is 6.42 Å². The quantitative estimate of drug-likeness (QED) is 0.668. The monoisotopic (exact) mass is 332 g/mol. The molecule has 0 N–H and O–H groups in total. The van der Waals surface area contributed by atoms with Crippen LogP contribution in [0.5, 0.6) is 5.75 Å². The molecule has 1 atom stereocenters. The molecule has 0 saturated heterocycles. The van der Waals surface area contributed by atoms with E-state index in [1.807, 2.05) is 0 Å². The number of hydrogen-bond acceptors (Lipinski definition) is 1. The molecular weight excluding hydrogens is 312 g/mol. The van der Waals surface area contributed by atoms with Gasteiger partial charge in [-0.1, -0.05) is 52.3 Å². The summed E-state index contributed by atoms with van der Waals surface area (Å²) in [6.45, 7) is 4.27. The highest BCUT2D eigenvalue weighted by Crippen LogP contribution is 2.31. The first kappa shape index (κ1) is 15.1. The SMILES string of the molecule is COc1cc(C)cc(C)c1CCC(Br)c1ccccc1. The van der Waals surface area contributed by atoms with Crippen LogP contribution in [0.2, 0.25) is 0 Å². The van der Waals surface area contributed by atoms with E-state index in [1.165, 1.54) is 22.3 Å². The molecule has 2 rings (SSSR count). The third-order valence-electron chi connectivity index (χ3n) is 3.61. The van der Waals surface area contributed by atoms with Crippen molar-refractivity contribution in [1.29, 1.82) is 0 Å². The number of methoxy groups -OCH3 is 1. The van der Waals surface area contributed by atoms with Crippen LogP contribution >= 0.6 is 15.9 Å². The van der Waals surface area contributed by atoms with Gasteiger partial charge in [-0.3, -0.25) is 0 Å². The van der Waals surface area contributed by atoms with Gasteiger partial charge in [0.1, 0.15) is 5.75 Å². The molecule has 2 aromatic rings. The fourth-order valence-electron chi connectivity index (χ4n) is 2.56. The van der Waals surface area contributed by atoms with E-state index < -0.39 is 0 Å². The lowest BCUT2D eigenvalue weighted by molar-refractivity contribution is 0.408. The van der Waals surface area contributed by atoms with E-state index in [2.05, 4.69) is 72.2 Å². The zero-order valence-corrected chi connectivity index (χ0v) is 13.9. The summed E-state index contributed by atoms with van der Waals surface area (Å²) in [5.41, 5.74) is 5.21. The average Bonchev–Trinajstić information content (AvgIpc) is 2.46. The van der Waals surface area contributed by atoms with E-state index in [1.54, 1.807) is 7.11 Å². The van der Waals surface area contributed by atoms with Crippen LogP contribution in [0.3, 0.4) is 0 Å². The lowest BCUT2D eigenvalue weighted by atomic mass is 9.98. The minimum absolute atomic E-state index is 0.383. The van der Waals surface area contributed by atoms with Crippen LogP contribution in [0, 0.1) is 13.8 Å². The molecule has 0 aliphatic rings. The first-order chi connectivity index (χ1) is 9.61. The Morgan fingerprint density at radius 1 is 1.10 bits per heavy atom. The maximum atomic E-state index is 5.53. The fraction of sp³-hybridized carbons (Fsp3) is 0.333. The van der Waals surface area contributed by atoms with Crippen LogP contribution in [0.4, 0.5) is 0 Å². The molecule has 0 heterocycles. The number of hydrogen-bond donors (Lipinski definition) is 0. The third kappa shape index (κ3) is 3.63. The van der Waals surface area contributed by atoms with Gasteiger partial charge in [-0.25, -0.2) is 0 Å². The molecule has 2 aromatic carbocycles. The second kappa shape index (κ2) is 6.94. The zero-order valence-electron chi connectivity index (χ0n) is 12.3. The number of rotatable bonds is 5. The van der Waals surface area contributed by atoms with Gasteiger partial charge in [0.05, 0.1) is 7.11 Å². The second-order valence-corrected chi connectivity index (χ2v) is 6.28. The van der Waals surface area contributed by atoms with Crippen LogP contribution in [-0.4, -0.2) is 7.11 Å². The van der Waals surface area contributed by atoms with Crippen LogP contribution in [0.1, 0.15) is 33.5 Å². The van der Waals surface area contributed by atoms with E-state index in [-0.39, 0.29) is 0 Å². The summed E-state index contributed by atoms with van der Waals surface area (Å²) < 4.78 is 5.53. The summed E-state index contributed by atoms with van der Waals surface area (Å²) >= 11 is 3.79. The Kier molecular flexibility index (Phi) is 5.24. The Bertz CT molecular complexity index is 563. The van der Waals surface area contributed by atoms with Crippen molar-refractivity contribution >= 4 is 15.9 Å². The van der Waals surface area contributed by atoms with Crippen molar-refractivity contribution in [2.24, 2.45) is 0 Å². The topological polar surface area (TPSA) is 9.23 Å². The van der Waals surface area contributed by atoms with Gasteiger partial charge < -0.3 is 4.74 Å². The summed E-state index contributed by atoms with van der Waals surface area (Å²) in [5, 5.41) is 0. The molecular formula is C18H21BrO. The Labute approximate surface area is 130 Å². The molecule has 0 aliphatic carbocycles. The molecule has 20 heavy (non-hydrogen) atoms. The molecule has 0 spiro atoms. The van der Waals surface area contributed by atoms with Crippen molar-refractivity contribution in [1.82, 2.24) is 0 Å². The van der Waals surface area contributed by atoms with Gasteiger partial charge >= 0.3 is 0 Å². The van der Waals surface area contributed by atoms with E-state index >= 15 is 0 Å². The first-order valence-electron chi connectivity index (χ1n) is 6.95. The molecule has 0 amide bonds. The van der Waals surface area contributed by atoms with Gasteiger partial charge in [-0.2, -0.15) is 0 Å². The smallest absolute Gasteiger partial charge is 0.122 e. The molecule has 0 saturated carbocycles. The molecule has 2 heteroatoms. The van der Waals surface area contributed by atoms with Crippen molar-refractivity contribution in [2.45, 2.75) is 31.5 Å².